The van der Waals surface area contributed by atoms with Crippen molar-refractivity contribution in [2.75, 3.05) is 0 Å². The molecular weight excluding hydrogens is 194 g/mol. The van der Waals surface area contributed by atoms with E-state index in [1.807, 2.05) is 0 Å². The Balaban J connectivity index is 2.35. The van der Waals surface area contributed by atoms with Crippen molar-refractivity contribution in [2.24, 2.45) is 0 Å². The third-order valence-electron chi connectivity index (χ3n) is 2.80. The minimum atomic E-state index is -0.976. The second kappa shape index (κ2) is 2.79. The number of fused-ring (bicyclic) bond motifs is 3. The second-order valence-corrected chi connectivity index (χ2v) is 3.68. The van der Waals surface area contributed by atoms with Crippen molar-refractivity contribution >= 4 is 11.6 Å². The van der Waals surface area contributed by atoms with Crippen molar-refractivity contribution in [1.82, 2.24) is 14.6 Å². The highest BCUT2D eigenvalue weighted by Gasteiger charge is 2.19. The largest absolute Gasteiger partial charge is 0.477 e. The second-order valence-electron chi connectivity index (χ2n) is 3.68. The van der Waals surface area contributed by atoms with Crippen LogP contribution in [-0.4, -0.2) is 25.7 Å². The number of nitrogens with zero attached hydrogens (tertiary/aromatic N) is 3. The van der Waals surface area contributed by atoms with E-state index in [-0.39, 0.29) is 5.56 Å². The van der Waals surface area contributed by atoms with Crippen LogP contribution in [0.2, 0.25) is 0 Å². The van der Waals surface area contributed by atoms with Crippen LogP contribution in [0.15, 0.2) is 12.4 Å². The molecule has 0 radical (unpaired) electrons. The Hall–Kier alpha value is -1.91. The number of carboxylic acid groups (broad SMARTS) is 1. The van der Waals surface area contributed by atoms with Crippen molar-refractivity contribution in [3.05, 3.63) is 29.2 Å². The average Bonchev–Trinajstić information content (AvgIpc) is 2.82. The molecule has 1 N–H and O–H groups in total. The molecule has 2 heterocycles. The van der Waals surface area contributed by atoms with Crippen molar-refractivity contribution in [3.63, 3.8) is 0 Å². The van der Waals surface area contributed by atoms with Gasteiger partial charge in [0.05, 0.1) is 6.20 Å². The fourth-order valence-corrected chi connectivity index (χ4v) is 2.09. The Morgan fingerprint density at radius 2 is 2.27 bits per heavy atom. The lowest BCUT2D eigenvalue weighted by atomic mass is 10.2. The summed E-state index contributed by atoms with van der Waals surface area (Å²) in [6.45, 7) is 0. The zero-order valence-corrected chi connectivity index (χ0v) is 7.97. The van der Waals surface area contributed by atoms with Gasteiger partial charge in [-0.25, -0.2) is 14.3 Å². The van der Waals surface area contributed by atoms with Crippen LogP contribution in [0.5, 0.6) is 0 Å². The Labute approximate surface area is 85.4 Å². The average molecular weight is 203 g/mol. The van der Waals surface area contributed by atoms with Gasteiger partial charge in [0.25, 0.3) is 0 Å². The molecule has 0 amide bonds. The first-order valence-electron chi connectivity index (χ1n) is 4.85. The maximum absolute atomic E-state index is 10.9. The smallest absolute Gasteiger partial charge is 0.341 e. The summed E-state index contributed by atoms with van der Waals surface area (Å²) < 4.78 is 1.66. The van der Waals surface area contributed by atoms with Gasteiger partial charge in [0, 0.05) is 11.9 Å². The van der Waals surface area contributed by atoms with Gasteiger partial charge < -0.3 is 5.11 Å². The van der Waals surface area contributed by atoms with Crippen LogP contribution in [0, 0.1) is 0 Å². The van der Waals surface area contributed by atoms with Gasteiger partial charge in [-0.3, -0.25) is 0 Å². The quantitative estimate of drug-likeness (QED) is 0.748. The molecule has 1 aliphatic rings. The highest BCUT2D eigenvalue weighted by atomic mass is 16.4. The van der Waals surface area contributed by atoms with Gasteiger partial charge in [-0.05, 0) is 24.8 Å². The summed E-state index contributed by atoms with van der Waals surface area (Å²) in [5.74, 6) is -0.976. The molecule has 2 aromatic heterocycles. The lowest BCUT2D eigenvalue weighted by Gasteiger charge is -2.01. The van der Waals surface area contributed by atoms with E-state index in [4.69, 9.17) is 5.11 Å². The first-order chi connectivity index (χ1) is 7.27. The molecule has 76 valence electrons. The molecule has 5 nitrogen and oxygen atoms in total. The van der Waals surface area contributed by atoms with Gasteiger partial charge in [-0.1, -0.05) is 0 Å². The summed E-state index contributed by atoms with van der Waals surface area (Å²) in [6.07, 6.45) is 6.20. The molecule has 1 aliphatic carbocycles. The number of aromatic nitrogens is 3. The number of aromatic carboxylic acids is 1. The molecule has 0 aliphatic heterocycles. The van der Waals surface area contributed by atoms with E-state index < -0.39 is 5.97 Å². The predicted octanol–water partition coefficient (Wildman–Crippen LogP) is 0.916. The third-order valence-corrected chi connectivity index (χ3v) is 2.80. The summed E-state index contributed by atoms with van der Waals surface area (Å²) in [7, 11) is 0. The van der Waals surface area contributed by atoms with E-state index in [2.05, 4.69) is 10.1 Å². The summed E-state index contributed by atoms with van der Waals surface area (Å²) in [6, 6.07) is 0. The van der Waals surface area contributed by atoms with E-state index in [9.17, 15) is 4.79 Å². The van der Waals surface area contributed by atoms with Gasteiger partial charge in [0.1, 0.15) is 5.56 Å². The highest BCUT2D eigenvalue weighted by Crippen LogP contribution is 2.22. The van der Waals surface area contributed by atoms with Crippen LogP contribution >= 0.6 is 0 Å². The number of carbonyl (C=O) groups is 1. The number of rotatable bonds is 1. The lowest BCUT2D eigenvalue weighted by molar-refractivity contribution is 0.0699. The van der Waals surface area contributed by atoms with E-state index >= 15 is 0 Å². The number of aryl methyl sites for hydroxylation is 2. The van der Waals surface area contributed by atoms with E-state index in [0.29, 0.717) is 5.65 Å². The van der Waals surface area contributed by atoms with Crippen LogP contribution < -0.4 is 0 Å². The molecule has 0 aromatic carbocycles. The predicted molar refractivity (Wildman–Crippen MR) is 52.0 cm³/mol. The van der Waals surface area contributed by atoms with Gasteiger partial charge in [0.2, 0.25) is 0 Å². The van der Waals surface area contributed by atoms with Crippen LogP contribution in [-0.2, 0) is 12.8 Å². The molecule has 0 atom stereocenters. The van der Waals surface area contributed by atoms with Crippen molar-refractivity contribution < 1.29 is 9.90 Å². The van der Waals surface area contributed by atoms with Gasteiger partial charge in [0.15, 0.2) is 5.65 Å². The first-order valence-corrected chi connectivity index (χ1v) is 4.85. The van der Waals surface area contributed by atoms with Gasteiger partial charge >= 0.3 is 5.97 Å². The van der Waals surface area contributed by atoms with Crippen LogP contribution in [0.25, 0.3) is 5.65 Å². The molecule has 5 heteroatoms. The summed E-state index contributed by atoms with van der Waals surface area (Å²) >= 11 is 0. The SMILES string of the molecule is O=C(O)c1cnn2c3c(cnc12)CCC3. The minimum absolute atomic E-state index is 0.171. The van der Waals surface area contributed by atoms with Crippen molar-refractivity contribution in [2.45, 2.75) is 19.3 Å². The van der Waals surface area contributed by atoms with Crippen molar-refractivity contribution in [3.8, 4) is 0 Å². The summed E-state index contributed by atoms with van der Waals surface area (Å²) in [5, 5.41) is 13.0. The Kier molecular flexibility index (Phi) is 1.56. The standard InChI is InChI=1S/C10H9N3O2/c14-10(15)7-5-12-13-8-3-1-2-6(8)4-11-9(7)13/h4-5H,1-3H2,(H,14,15). The normalized spacial score (nSPS) is 14.4. The zero-order valence-electron chi connectivity index (χ0n) is 7.97. The summed E-state index contributed by atoms with van der Waals surface area (Å²) in [5.41, 5.74) is 2.91. The maximum Gasteiger partial charge on any atom is 0.341 e. The molecule has 0 saturated carbocycles. The summed E-state index contributed by atoms with van der Waals surface area (Å²) in [4.78, 5) is 15.0. The molecule has 0 bridgehead atoms. The first kappa shape index (κ1) is 8.40. The topological polar surface area (TPSA) is 67.5 Å². The molecule has 0 saturated heterocycles. The molecular formula is C10H9N3O2. The fraction of sp³-hybridized carbons (Fsp3) is 0.300. The number of hydrogen-bond acceptors (Lipinski definition) is 3. The Bertz CT molecular complexity index is 559. The molecule has 0 spiro atoms. The number of carboxylic acids is 1. The minimum Gasteiger partial charge on any atom is -0.477 e. The third kappa shape index (κ3) is 1.06. The monoisotopic (exact) mass is 203 g/mol. The van der Waals surface area contributed by atoms with Gasteiger partial charge in [-0.2, -0.15) is 5.10 Å². The van der Waals surface area contributed by atoms with Crippen LogP contribution in [0.1, 0.15) is 28.0 Å². The van der Waals surface area contributed by atoms with E-state index in [1.165, 1.54) is 11.8 Å². The zero-order chi connectivity index (χ0) is 10.4. The highest BCUT2D eigenvalue weighted by molar-refractivity contribution is 5.94. The van der Waals surface area contributed by atoms with Crippen molar-refractivity contribution in [1.29, 1.82) is 0 Å². The molecule has 3 rings (SSSR count). The Morgan fingerprint density at radius 1 is 1.40 bits per heavy atom. The molecule has 2 aromatic rings. The number of hydrogen-bond donors (Lipinski definition) is 1. The Morgan fingerprint density at radius 3 is 3.07 bits per heavy atom. The fourth-order valence-electron chi connectivity index (χ4n) is 2.09. The molecule has 0 fully saturated rings. The maximum atomic E-state index is 10.9. The van der Waals surface area contributed by atoms with Gasteiger partial charge in [-0.15, -0.1) is 0 Å². The van der Waals surface area contributed by atoms with Crippen LogP contribution in [0.3, 0.4) is 0 Å². The molecule has 0 unspecified atom stereocenters. The van der Waals surface area contributed by atoms with E-state index in [1.54, 1.807) is 10.7 Å². The van der Waals surface area contributed by atoms with Crippen LogP contribution in [0.4, 0.5) is 0 Å². The van der Waals surface area contributed by atoms with E-state index in [0.717, 1.165) is 25.0 Å². The molecule has 15 heavy (non-hydrogen) atoms. The lowest BCUT2D eigenvalue weighted by Crippen LogP contribution is -2.02.